The lowest BCUT2D eigenvalue weighted by molar-refractivity contribution is 0.936. The van der Waals surface area contributed by atoms with E-state index in [2.05, 4.69) is 22.1 Å². The number of thiazole rings is 1. The van der Waals surface area contributed by atoms with Gasteiger partial charge in [0.15, 0.2) is 0 Å². The normalized spacial score (nSPS) is 10.6. The molecule has 3 nitrogen and oxygen atoms in total. The highest BCUT2D eigenvalue weighted by Gasteiger charge is 2.02. The van der Waals surface area contributed by atoms with Gasteiger partial charge in [-0.15, -0.1) is 11.3 Å². The molecule has 0 N–H and O–H groups in total. The predicted octanol–water partition coefficient (Wildman–Crippen LogP) is 1.65. The molecule has 4 heteroatoms. The molecule has 0 saturated heterocycles. The van der Waals surface area contributed by atoms with Crippen LogP contribution in [0.2, 0.25) is 0 Å². The first kappa shape index (κ1) is 6.67. The Bertz CT molecular complexity index is 368. The first-order valence-corrected chi connectivity index (χ1v) is 4.33. The van der Waals surface area contributed by atoms with Crippen molar-refractivity contribution in [1.29, 1.82) is 0 Å². The Balaban J connectivity index is 2.79. The van der Waals surface area contributed by atoms with Gasteiger partial charge in [0.05, 0.1) is 22.1 Å². The third kappa shape index (κ3) is 0.991. The molecule has 2 heterocycles. The maximum Gasteiger partial charge on any atom is 0.106 e. The Morgan fingerprint density at radius 1 is 1.55 bits per heavy atom. The van der Waals surface area contributed by atoms with Gasteiger partial charge < -0.3 is 0 Å². The summed E-state index contributed by atoms with van der Waals surface area (Å²) >= 11 is 1.60. The number of rotatable bonds is 1. The Morgan fingerprint density at radius 3 is 3.27 bits per heavy atom. The third-order valence-corrected chi connectivity index (χ3v) is 2.32. The monoisotopic (exact) mass is 165 g/mol. The van der Waals surface area contributed by atoms with E-state index in [0.29, 0.717) is 0 Å². The van der Waals surface area contributed by atoms with Crippen LogP contribution in [-0.2, 0) is 6.42 Å². The minimum atomic E-state index is 0.897. The molecule has 2 rings (SSSR count). The quantitative estimate of drug-likeness (QED) is 0.645. The molecule has 0 aliphatic carbocycles. The summed E-state index contributed by atoms with van der Waals surface area (Å²) in [4.78, 5) is 4.21. The molecule has 0 saturated carbocycles. The summed E-state index contributed by atoms with van der Waals surface area (Å²) in [5.41, 5.74) is 3.82. The van der Waals surface area contributed by atoms with Crippen LogP contribution >= 0.6 is 11.3 Å². The van der Waals surface area contributed by atoms with Crippen molar-refractivity contribution >= 4 is 21.6 Å². The highest BCUT2D eigenvalue weighted by molar-refractivity contribution is 7.16. The molecule has 0 aliphatic heterocycles. The van der Waals surface area contributed by atoms with Crippen LogP contribution in [0.25, 0.3) is 10.2 Å². The topological polar surface area (TPSA) is 38.7 Å². The smallest absolute Gasteiger partial charge is 0.106 e. The van der Waals surface area contributed by atoms with Gasteiger partial charge in [-0.1, -0.05) is 6.92 Å². The predicted molar refractivity (Wildman–Crippen MR) is 44.6 cm³/mol. The molecule has 0 spiro atoms. The average Bonchev–Trinajstić information content (AvgIpc) is 2.50. The molecule has 0 fully saturated rings. The van der Waals surface area contributed by atoms with E-state index in [0.717, 1.165) is 22.3 Å². The number of hydrogen-bond donors (Lipinski definition) is 0. The van der Waals surface area contributed by atoms with E-state index in [4.69, 9.17) is 0 Å². The summed E-state index contributed by atoms with van der Waals surface area (Å²) in [5.74, 6) is 0. The van der Waals surface area contributed by atoms with Crippen LogP contribution in [0, 0.1) is 0 Å². The average molecular weight is 165 g/mol. The highest BCUT2D eigenvalue weighted by Crippen LogP contribution is 2.17. The van der Waals surface area contributed by atoms with Crippen molar-refractivity contribution in [3.8, 4) is 0 Å². The molecule has 0 aliphatic rings. The van der Waals surface area contributed by atoms with Crippen molar-refractivity contribution in [3.63, 3.8) is 0 Å². The van der Waals surface area contributed by atoms with E-state index in [1.54, 1.807) is 17.5 Å². The molecule has 56 valence electrons. The van der Waals surface area contributed by atoms with E-state index in [1.165, 1.54) is 0 Å². The maximum atomic E-state index is 4.21. The second-order valence-corrected chi connectivity index (χ2v) is 3.10. The van der Waals surface area contributed by atoms with Crippen molar-refractivity contribution in [2.45, 2.75) is 13.3 Å². The van der Waals surface area contributed by atoms with Gasteiger partial charge in [0.25, 0.3) is 0 Å². The van der Waals surface area contributed by atoms with Crippen molar-refractivity contribution in [1.82, 2.24) is 15.2 Å². The fraction of sp³-hybridized carbons (Fsp3) is 0.286. The van der Waals surface area contributed by atoms with E-state index in [-0.39, 0.29) is 0 Å². The highest BCUT2D eigenvalue weighted by atomic mass is 32.1. The standard InChI is InChI=1S/C7H7N3S/c1-2-5-7-6(3-9-10-5)11-4-8-7/h3-4H,2H2,1H3. The minimum absolute atomic E-state index is 0.897. The summed E-state index contributed by atoms with van der Waals surface area (Å²) in [6.07, 6.45) is 2.65. The summed E-state index contributed by atoms with van der Waals surface area (Å²) in [5, 5.41) is 7.87. The van der Waals surface area contributed by atoms with Crippen LogP contribution in [0.1, 0.15) is 12.6 Å². The number of fused-ring (bicyclic) bond motifs is 1. The maximum absolute atomic E-state index is 4.21. The second-order valence-electron chi connectivity index (χ2n) is 2.21. The van der Waals surface area contributed by atoms with Crippen LogP contribution in [0.4, 0.5) is 0 Å². The molecule has 2 aromatic heterocycles. The van der Waals surface area contributed by atoms with Gasteiger partial charge in [-0.05, 0) is 6.42 Å². The lowest BCUT2D eigenvalue weighted by Gasteiger charge is -1.92. The van der Waals surface area contributed by atoms with Gasteiger partial charge in [-0.2, -0.15) is 10.2 Å². The van der Waals surface area contributed by atoms with E-state index < -0.39 is 0 Å². The third-order valence-electron chi connectivity index (χ3n) is 1.56. The zero-order valence-electron chi connectivity index (χ0n) is 6.11. The molecule has 2 aromatic rings. The number of aromatic nitrogens is 3. The first-order valence-electron chi connectivity index (χ1n) is 3.45. The van der Waals surface area contributed by atoms with Crippen molar-refractivity contribution < 1.29 is 0 Å². The fourth-order valence-electron chi connectivity index (χ4n) is 1.00. The van der Waals surface area contributed by atoms with E-state index >= 15 is 0 Å². The van der Waals surface area contributed by atoms with Crippen molar-refractivity contribution in [2.75, 3.05) is 0 Å². The molecule has 0 aromatic carbocycles. The Labute approximate surface area is 68.1 Å². The molecule has 11 heavy (non-hydrogen) atoms. The fourth-order valence-corrected chi connectivity index (χ4v) is 1.66. The molecule has 0 unspecified atom stereocenters. The lowest BCUT2D eigenvalue weighted by Crippen LogP contribution is -1.90. The zero-order valence-corrected chi connectivity index (χ0v) is 6.93. The lowest BCUT2D eigenvalue weighted by atomic mass is 10.3. The molecule has 0 bridgehead atoms. The van der Waals surface area contributed by atoms with Gasteiger partial charge in [-0.3, -0.25) is 0 Å². The number of nitrogens with zero attached hydrogens (tertiary/aromatic N) is 3. The minimum Gasteiger partial charge on any atom is -0.243 e. The number of aryl methyl sites for hydroxylation is 1. The van der Waals surface area contributed by atoms with Gasteiger partial charge in [0.2, 0.25) is 0 Å². The van der Waals surface area contributed by atoms with Crippen LogP contribution in [-0.4, -0.2) is 15.2 Å². The van der Waals surface area contributed by atoms with Crippen LogP contribution in [0.5, 0.6) is 0 Å². The van der Waals surface area contributed by atoms with Crippen molar-refractivity contribution in [2.24, 2.45) is 0 Å². The second kappa shape index (κ2) is 2.54. The van der Waals surface area contributed by atoms with Crippen LogP contribution in [0.15, 0.2) is 11.7 Å². The Morgan fingerprint density at radius 2 is 2.45 bits per heavy atom. The van der Waals surface area contributed by atoms with Crippen LogP contribution < -0.4 is 0 Å². The Hall–Kier alpha value is -1.03. The zero-order chi connectivity index (χ0) is 7.68. The van der Waals surface area contributed by atoms with E-state index in [9.17, 15) is 0 Å². The van der Waals surface area contributed by atoms with Crippen LogP contribution in [0.3, 0.4) is 0 Å². The van der Waals surface area contributed by atoms with Crippen molar-refractivity contribution in [3.05, 3.63) is 17.4 Å². The van der Waals surface area contributed by atoms with Gasteiger partial charge in [0, 0.05) is 0 Å². The molecular formula is C7H7N3S. The summed E-state index contributed by atoms with van der Waals surface area (Å²) in [6.45, 7) is 2.06. The van der Waals surface area contributed by atoms with Gasteiger partial charge in [-0.25, -0.2) is 4.98 Å². The first-order chi connectivity index (χ1) is 5.42. The molecule has 0 radical (unpaired) electrons. The SMILES string of the molecule is CCc1nncc2scnc12. The summed E-state index contributed by atoms with van der Waals surface area (Å²) < 4.78 is 1.12. The molecule has 0 amide bonds. The summed E-state index contributed by atoms with van der Waals surface area (Å²) in [7, 11) is 0. The largest absolute Gasteiger partial charge is 0.243 e. The summed E-state index contributed by atoms with van der Waals surface area (Å²) in [6, 6.07) is 0. The van der Waals surface area contributed by atoms with E-state index in [1.807, 2.05) is 5.51 Å². The Kier molecular flexibility index (Phi) is 1.54. The molecule has 0 atom stereocenters. The number of hydrogen-bond acceptors (Lipinski definition) is 4. The molecular weight excluding hydrogens is 158 g/mol. The van der Waals surface area contributed by atoms with Gasteiger partial charge in [0.1, 0.15) is 5.52 Å². The van der Waals surface area contributed by atoms with Gasteiger partial charge >= 0.3 is 0 Å².